The van der Waals surface area contributed by atoms with E-state index in [9.17, 15) is 9.59 Å². The Labute approximate surface area is 152 Å². The molecule has 2 amide bonds. The Hall–Kier alpha value is -2.93. The van der Waals surface area contributed by atoms with Crippen LogP contribution in [-0.4, -0.2) is 37.6 Å². The Kier molecular flexibility index (Phi) is 5.18. The van der Waals surface area contributed by atoms with Crippen LogP contribution in [0.5, 0.6) is 0 Å². The molecule has 26 heavy (non-hydrogen) atoms. The van der Waals surface area contributed by atoms with Crippen molar-refractivity contribution in [3.63, 3.8) is 0 Å². The van der Waals surface area contributed by atoms with Gasteiger partial charge < -0.3 is 20.3 Å². The molecule has 2 aromatic rings. The highest BCUT2D eigenvalue weighted by Gasteiger charge is 2.30. The summed E-state index contributed by atoms with van der Waals surface area (Å²) in [4.78, 5) is 30.6. The zero-order valence-electron chi connectivity index (χ0n) is 15.1. The maximum absolute atomic E-state index is 12.4. The van der Waals surface area contributed by atoms with Gasteiger partial charge in [-0.2, -0.15) is 0 Å². The summed E-state index contributed by atoms with van der Waals surface area (Å²) in [6.45, 7) is 2.28. The number of nitrogens with zero attached hydrogens (tertiary/aromatic N) is 2. The highest BCUT2D eigenvalue weighted by atomic mass is 16.5. The zero-order chi connectivity index (χ0) is 18.7. The monoisotopic (exact) mass is 354 g/mol. The predicted octanol–water partition coefficient (Wildman–Crippen LogP) is 2.24. The number of ether oxygens (including phenoxy) is 1. The third-order valence-electron chi connectivity index (χ3n) is 4.29. The minimum absolute atomic E-state index is 0.101. The number of hydrogen-bond donors (Lipinski definition) is 2. The Morgan fingerprint density at radius 2 is 2.00 bits per heavy atom. The number of carbonyl (C=O) groups is 2. The molecule has 7 heteroatoms. The quantitative estimate of drug-likeness (QED) is 0.860. The Bertz CT molecular complexity index is 820. The number of amides is 2. The van der Waals surface area contributed by atoms with E-state index < -0.39 is 0 Å². The van der Waals surface area contributed by atoms with Gasteiger partial charge in [0.25, 0.3) is 5.91 Å². The van der Waals surface area contributed by atoms with E-state index in [1.807, 2.05) is 49.2 Å². The summed E-state index contributed by atoms with van der Waals surface area (Å²) in [5.74, 6) is 0.416. The van der Waals surface area contributed by atoms with Gasteiger partial charge in [0.15, 0.2) is 0 Å². The number of carbonyl (C=O) groups excluding carboxylic acids is 2. The molecule has 0 fully saturated rings. The van der Waals surface area contributed by atoms with Gasteiger partial charge in [-0.25, -0.2) is 4.98 Å². The number of nitrogens with one attached hydrogen (secondary N) is 2. The van der Waals surface area contributed by atoms with Crippen LogP contribution in [0, 0.1) is 6.92 Å². The van der Waals surface area contributed by atoms with Gasteiger partial charge in [-0.15, -0.1) is 0 Å². The fourth-order valence-electron chi connectivity index (χ4n) is 2.88. The molecular formula is C19H22N4O3. The SMILES string of the molecule is COCCC(=O)Nc1ccc([C@@H]2NC(=O)c3ccc(C)nc3N2C)cc1. The van der Waals surface area contributed by atoms with Crippen LogP contribution in [0.3, 0.4) is 0 Å². The van der Waals surface area contributed by atoms with Gasteiger partial charge in [0.1, 0.15) is 12.0 Å². The Morgan fingerprint density at radius 1 is 1.27 bits per heavy atom. The molecule has 0 radical (unpaired) electrons. The topological polar surface area (TPSA) is 83.6 Å². The van der Waals surface area contributed by atoms with E-state index >= 15 is 0 Å². The largest absolute Gasteiger partial charge is 0.384 e. The number of hydrogen-bond acceptors (Lipinski definition) is 5. The van der Waals surface area contributed by atoms with Gasteiger partial charge in [0.2, 0.25) is 5.91 Å². The highest BCUT2D eigenvalue weighted by molar-refractivity contribution is 6.01. The van der Waals surface area contributed by atoms with E-state index in [2.05, 4.69) is 15.6 Å². The van der Waals surface area contributed by atoms with Crippen molar-refractivity contribution in [1.82, 2.24) is 10.3 Å². The number of fused-ring (bicyclic) bond motifs is 1. The van der Waals surface area contributed by atoms with Crippen molar-refractivity contribution in [2.45, 2.75) is 19.5 Å². The Balaban J connectivity index is 1.77. The predicted molar refractivity (Wildman–Crippen MR) is 99.1 cm³/mol. The summed E-state index contributed by atoms with van der Waals surface area (Å²) in [6.07, 6.45) is -0.0101. The van der Waals surface area contributed by atoms with Crippen LogP contribution in [0.25, 0.3) is 0 Å². The molecule has 136 valence electrons. The lowest BCUT2D eigenvalue weighted by Crippen LogP contribution is -2.45. The molecule has 0 saturated carbocycles. The molecule has 0 unspecified atom stereocenters. The fourth-order valence-corrected chi connectivity index (χ4v) is 2.88. The first-order valence-corrected chi connectivity index (χ1v) is 8.39. The second-order valence-electron chi connectivity index (χ2n) is 6.22. The van der Waals surface area contributed by atoms with Crippen molar-refractivity contribution in [1.29, 1.82) is 0 Å². The minimum Gasteiger partial charge on any atom is -0.384 e. The van der Waals surface area contributed by atoms with Crippen LogP contribution < -0.4 is 15.5 Å². The van der Waals surface area contributed by atoms with E-state index in [0.29, 0.717) is 30.1 Å². The normalized spacial score (nSPS) is 16.0. The van der Waals surface area contributed by atoms with Gasteiger partial charge in [0, 0.05) is 25.5 Å². The molecule has 2 N–H and O–H groups in total. The molecule has 0 saturated heterocycles. The van der Waals surface area contributed by atoms with E-state index in [1.165, 1.54) is 0 Å². The summed E-state index contributed by atoms with van der Waals surface area (Å²) in [5, 5.41) is 5.81. The van der Waals surface area contributed by atoms with E-state index in [4.69, 9.17) is 4.74 Å². The second-order valence-corrected chi connectivity index (χ2v) is 6.22. The van der Waals surface area contributed by atoms with Gasteiger partial charge in [-0.3, -0.25) is 9.59 Å². The van der Waals surface area contributed by atoms with Crippen molar-refractivity contribution < 1.29 is 14.3 Å². The van der Waals surface area contributed by atoms with Gasteiger partial charge in [-0.05, 0) is 36.8 Å². The maximum atomic E-state index is 12.4. The molecule has 1 aliphatic heterocycles. The molecule has 1 aromatic carbocycles. The van der Waals surface area contributed by atoms with E-state index in [1.54, 1.807) is 13.2 Å². The first-order chi connectivity index (χ1) is 12.5. The summed E-state index contributed by atoms with van der Waals surface area (Å²) in [6, 6.07) is 11.0. The van der Waals surface area contributed by atoms with Crippen molar-refractivity contribution in [2.24, 2.45) is 0 Å². The molecule has 1 atom stereocenters. The Morgan fingerprint density at radius 3 is 2.69 bits per heavy atom. The van der Waals surface area contributed by atoms with Crippen LogP contribution in [-0.2, 0) is 9.53 Å². The third-order valence-corrected chi connectivity index (χ3v) is 4.29. The van der Waals surface area contributed by atoms with Crippen LogP contribution >= 0.6 is 0 Å². The lowest BCUT2D eigenvalue weighted by atomic mass is 10.1. The smallest absolute Gasteiger partial charge is 0.256 e. The molecule has 7 nitrogen and oxygen atoms in total. The summed E-state index contributed by atoms with van der Waals surface area (Å²) >= 11 is 0. The van der Waals surface area contributed by atoms with Gasteiger partial charge >= 0.3 is 0 Å². The van der Waals surface area contributed by atoms with Crippen molar-refractivity contribution in [3.8, 4) is 0 Å². The number of rotatable bonds is 5. The van der Waals surface area contributed by atoms with Crippen LogP contribution in [0.2, 0.25) is 0 Å². The van der Waals surface area contributed by atoms with Crippen molar-refractivity contribution in [2.75, 3.05) is 31.0 Å². The summed E-state index contributed by atoms with van der Waals surface area (Å²) in [5.41, 5.74) is 3.04. The molecule has 0 spiro atoms. The molecule has 0 aliphatic carbocycles. The van der Waals surface area contributed by atoms with Crippen LogP contribution in [0.1, 0.15) is 34.2 Å². The molecular weight excluding hydrogens is 332 g/mol. The first kappa shape index (κ1) is 17.9. The lowest BCUT2D eigenvalue weighted by Gasteiger charge is -2.35. The van der Waals surface area contributed by atoms with Crippen LogP contribution in [0.15, 0.2) is 36.4 Å². The standard InChI is InChI=1S/C19H22N4O3/c1-12-4-9-15-18(20-12)23(2)17(22-19(15)25)13-5-7-14(8-6-13)21-16(24)10-11-26-3/h4-9,17H,10-11H2,1-3H3,(H,21,24)(H,22,25)/t17-/m1/s1. The fraction of sp³-hybridized carbons (Fsp3) is 0.316. The van der Waals surface area contributed by atoms with Gasteiger partial charge in [0.05, 0.1) is 18.6 Å². The molecule has 1 aromatic heterocycles. The number of aromatic nitrogens is 1. The number of pyridine rings is 1. The van der Waals surface area contributed by atoms with E-state index in [0.717, 1.165) is 11.3 Å². The van der Waals surface area contributed by atoms with Gasteiger partial charge in [-0.1, -0.05) is 12.1 Å². The molecule has 3 rings (SSSR count). The number of aryl methyl sites for hydroxylation is 1. The third kappa shape index (κ3) is 3.67. The number of anilines is 2. The lowest BCUT2D eigenvalue weighted by molar-refractivity contribution is -0.117. The minimum atomic E-state index is -0.317. The molecule has 0 bridgehead atoms. The number of benzene rings is 1. The van der Waals surface area contributed by atoms with Crippen molar-refractivity contribution in [3.05, 3.63) is 53.2 Å². The highest BCUT2D eigenvalue weighted by Crippen LogP contribution is 2.30. The average Bonchev–Trinajstić information content (AvgIpc) is 2.63. The maximum Gasteiger partial charge on any atom is 0.256 e. The van der Waals surface area contributed by atoms with Crippen LogP contribution in [0.4, 0.5) is 11.5 Å². The average molecular weight is 354 g/mol. The number of methoxy groups -OCH3 is 1. The summed E-state index contributed by atoms with van der Waals surface area (Å²) < 4.78 is 4.90. The summed E-state index contributed by atoms with van der Waals surface area (Å²) in [7, 11) is 3.46. The molecule has 1 aliphatic rings. The first-order valence-electron chi connectivity index (χ1n) is 8.39. The van der Waals surface area contributed by atoms with E-state index in [-0.39, 0.29) is 18.0 Å². The zero-order valence-corrected chi connectivity index (χ0v) is 15.1. The second kappa shape index (κ2) is 7.53. The molecule has 2 heterocycles. The van der Waals surface area contributed by atoms with Crippen molar-refractivity contribution >= 4 is 23.3 Å².